The van der Waals surface area contributed by atoms with Crippen LogP contribution in [0.25, 0.3) is 0 Å². The van der Waals surface area contributed by atoms with E-state index in [9.17, 15) is 0 Å². The van der Waals surface area contributed by atoms with Crippen molar-refractivity contribution in [3.05, 3.63) is 11.6 Å². The Kier molecular flexibility index (Phi) is 3.96. The third-order valence-corrected chi connectivity index (χ3v) is 0.951. The van der Waals surface area contributed by atoms with Crippen LogP contribution in [0.1, 0.15) is 6.92 Å². The van der Waals surface area contributed by atoms with Gasteiger partial charge in [0.1, 0.15) is 0 Å². The van der Waals surface area contributed by atoms with Crippen molar-refractivity contribution in [2.45, 2.75) is 6.92 Å². The van der Waals surface area contributed by atoms with Crippen molar-refractivity contribution in [1.82, 2.24) is 0 Å². The molecule has 0 spiro atoms. The number of hydrogen-bond donors (Lipinski definition) is 2. The minimum absolute atomic E-state index is 0.0344. The quantitative estimate of drug-likeness (QED) is 0.391. The van der Waals surface area contributed by atoms with Gasteiger partial charge in [-0.3, -0.25) is 0 Å². The van der Waals surface area contributed by atoms with Gasteiger partial charge in [-0.1, -0.05) is 0 Å². The van der Waals surface area contributed by atoms with E-state index in [2.05, 4.69) is 0 Å². The van der Waals surface area contributed by atoms with Crippen LogP contribution in [-0.4, -0.2) is 38.1 Å². The molecule has 0 aliphatic carbocycles. The average molecular weight is 132 g/mol. The zero-order valence-corrected chi connectivity index (χ0v) is 5.89. The maximum absolute atomic E-state index is 8.51. The average Bonchev–Trinajstić information content (AvgIpc) is 1.87. The molecule has 4 heteroatoms. The Morgan fingerprint density at radius 2 is 2.20 bits per heavy atom. The van der Waals surface area contributed by atoms with Crippen LogP contribution in [-0.2, 0) is 0 Å². The van der Waals surface area contributed by atoms with Gasteiger partial charge >= 0.3 is 62.1 Å². The van der Waals surface area contributed by atoms with Gasteiger partial charge in [0.2, 0.25) is 0 Å². The van der Waals surface area contributed by atoms with E-state index in [1.165, 1.54) is 6.08 Å². The first kappa shape index (κ1) is 9.37. The van der Waals surface area contributed by atoms with Gasteiger partial charge < -0.3 is 0 Å². The molecule has 0 aromatic carbocycles. The molecular weight excluding hydrogens is 124 g/mol. The molecule has 0 aromatic rings. The summed E-state index contributed by atoms with van der Waals surface area (Å²) in [7, 11) is 10.2. The number of aliphatic hydroxyl groups is 1. The van der Waals surface area contributed by atoms with Crippen LogP contribution in [0.3, 0.4) is 0 Å². The van der Waals surface area contributed by atoms with E-state index >= 15 is 0 Å². The molecular formula is C6H8B2NO. The Bertz CT molecular complexity index is 186. The summed E-state index contributed by atoms with van der Waals surface area (Å²) in [6, 6.07) is 0. The van der Waals surface area contributed by atoms with Crippen LogP contribution in [0.15, 0.2) is 11.6 Å². The standard InChI is InChI=1S/C6H8B2NO/c1-4(3-10)2-5(9)6(7)8/h2,9-10H,3H2,1H3/b4-2+,9-5?. The molecule has 0 atom stereocenters. The Labute approximate surface area is 62.9 Å². The van der Waals surface area contributed by atoms with Gasteiger partial charge in [-0.25, -0.2) is 0 Å². The van der Waals surface area contributed by atoms with Crippen molar-refractivity contribution in [2.24, 2.45) is 0 Å². The topological polar surface area (TPSA) is 44.1 Å². The predicted molar refractivity (Wildman–Crippen MR) is 45.1 cm³/mol. The van der Waals surface area contributed by atoms with E-state index in [1.807, 2.05) is 0 Å². The molecule has 49 valence electrons. The molecule has 0 amide bonds. The van der Waals surface area contributed by atoms with Gasteiger partial charge in [0, 0.05) is 0 Å². The predicted octanol–water partition coefficient (Wildman–Crippen LogP) is -0.588. The molecule has 0 bridgehead atoms. The van der Waals surface area contributed by atoms with E-state index < -0.39 is 0 Å². The molecule has 0 aliphatic heterocycles. The molecule has 2 nitrogen and oxygen atoms in total. The van der Waals surface area contributed by atoms with Crippen molar-refractivity contribution < 1.29 is 5.11 Å². The van der Waals surface area contributed by atoms with E-state index in [0.29, 0.717) is 5.57 Å². The second-order valence-corrected chi connectivity index (χ2v) is 2.02. The van der Waals surface area contributed by atoms with Crippen LogP contribution in [0.2, 0.25) is 0 Å². The van der Waals surface area contributed by atoms with Crippen LogP contribution >= 0.6 is 0 Å². The Balaban J connectivity index is 4.13. The fourth-order valence-electron chi connectivity index (χ4n) is 0.375. The van der Waals surface area contributed by atoms with Crippen molar-refractivity contribution in [1.29, 1.82) is 5.41 Å². The fourth-order valence-corrected chi connectivity index (χ4v) is 0.375. The zero-order chi connectivity index (χ0) is 8.15. The molecule has 2 N–H and O–H groups in total. The fraction of sp³-hybridized carbons (Fsp3) is 0.333. The zero-order valence-electron chi connectivity index (χ0n) is 5.89. The number of allylic oxidation sites excluding steroid dienone is 1. The van der Waals surface area contributed by atoms with E-state index in [1.54, 1.807) is 6.92 Å². The normalized spacial score (nSPS) is 11.1. The maximum atomic E-state index is 8.51. The van der Waals surface area contributed by atoms with Gasteiger partial charge in [-0.15, -0.1) is 0 Å². The van der Waals surface area contributed by atoms with Crippen molar-refractivity contribution in [2.75, 3.05) is 6.61 Å². The molecule has 0 rings (SSSR count). The molecule has 10 heavy (non-hydrogen) atoms. The minimum atomic E-state index is -0.0737. The van der Waals surface area contributed by atoms with Crippen molar-refractivity contribution in [3.63, 3.8) is 0 Å². The summed E-state index contributed by atoms with van der Waals surface area (Å²) >= 11 is 0. The Morgan fingerprint density at radius 1 is 1.70 bits per heavy atom. The van der Waals surface area contributed by atoms with E-state index in [-0.39, 0.29) is 17.7 Å². The summed E-state index contributed by atoms with van der Waals surface area (Å²) in [5, 5.41) is 15.6. The molecule has 0 saturated heterocycles. The SMILES string of the molecule is [B]C(=[B])C(=N)/C=C(\C)CO. The molecule has 0 aromatic heterocycles. The second-order valence-electron chi connectivity index (χ2n) is 2.02. The molecule has 3 radical (unpaired) electrons. The van der Waals surface area contributed by atoms with Gasteiger partial charge in [0.15, 0.2) is 0 Å². The van der Waals surface area contributed by atoms with Gasteiger partial charge in [0.05, 0.1) is 0 Å². The van der Waals surface area contributed by atoms with Gasteiger partial charge in [-0.05, 0) is 0 Å². The summed E-state index contributed by atoms with van der Waals surface area (Å²) < 4.78 is 0. The van der Waals surface area contributed by atoms with E-state index in [4.69, 9.17) is 25.8 Å². The molecule has 0 saturated carbocycles. The van der Waals surface area contributed by atoms with Crippen LogP contribution in [0, 0.1) is 5.41 Å². The number of nitrogens with one attached hydrogen (secondary N) is 1. The monoisotopic (exact) mass is 132 g/mol. The molecule has 0 heterocycles. The van der Waals surface area contributed by atoms with Crippen LogP contribution in [0.4, 0.5) is 0 Å². The Morgan fingerprint density at radius 3 is 2.50 bits per heavy atom. The van der Waals surface area contributed by atoms with Gasteiger partial charge in [-0.2, -0.15) is 0 Å². The summed E-state index contributed by atoms with van der Waals surface area (Å²) in [6.07, 6.45) is 1.43. The van der Waals surface area contributed by atoms with Crippen molar-refractivity contribution in [3.8, 4) is 0 Å². The summed E-state index contributed by atoms with van der Waals surface area (Å²) in [5.74, 6) is 0. The number of aliphatic hydroxyl groups excluding tert-OH is 1. The molecule has 0 aliphatic rings. The third kappa shape index (κ3) is 3.41. The first-order valence-electron chi connectivity index (χ1n) is 2.82. The summed E-state index contributed by atoms with van der Waals surface area (Å²) in [5.41, 5.74) is 0.713. The first-order valence-corrected chi connectivity index (χ1v) is 2.82. The third-order valence-electron chi connectivity index (χ3n) is 0.951. The second kappa shape index (κ2) is 4.23. The Hall–Kier alpha value is -0.630. The van der Waals surface area contributed by atoms with Crippen molar-refractivity contribution >= 4 is 26.4 Å². The molecule has 0 fully saturated rings. The van der Waals surface area contributed by atoms with E-state index in [0.717, 1.165) is 0 Å². The van der Waals surface area contributed by atoms with Gasteiger partial charge in [0.25, 0.3) is 0 Å². The number of hydrogen-bond acceptors (Lipinski definition) is 2. The van der Waals surface area contributed by atoms with Crippen LogP contribution < -0.4 is 0 Å². The summed E-state index contributed by atoms with van der Waals surface area (Å²) in [4.78, 5) is 0. The first-order chi connectivity index (χ1) is 4.57. The number of rotatable bonds is 3. The molecule has 0 unspecified atom stereocenters. The summed E-state index contributed by atoms with van der Waals surface area (Å²) in [6.45, 7) is 1.62. The van der Waals surface area contributed by atoms with Crippen LogP contribution in [0.5, 0.6) is 0 Å².